The number of aliphatic imine (C=N–C) groups is 1. The lowest BCUT2D eigenvalue weighted by Crippen LogP contribution is -2.57. The Kier molecular flexibility index (Phi) is 7.66. The van der Waals surface area contributed by atoms with Gasteiger partial charge in [0.1, 0.15) is 11.4 Å². The maximum absolute atomic E-state index is 12.3. The number of fused-ring (bicyclic) bond motifs is 1. The highest BCUT2D eigenvalue weighted by Gasteiger charge is 2.36. The van der Waals surface area contributed by atoms with Crippen molar-refractivity contribution in [3.63, 3.8) is 0 Å². The number of rotatable bonds is 3. The zero-order valence-corrected chi connectivity index (χ0v) is 19.8. The van der Waals surface area contributed by atoms with Gasteiger partial charge in [-0.05, 0) is 32.9 Å². The number of hydrogen-bond donors (Lipinski definition) is 1. The minimum atomic E-state index is -0.481. The van der Waals surface area contributed by atoms with Crippen LogP contribution in [-0.4, -0.2) is 66.8 Å². The van der Waals surface area contributed by atoms with Gasteiger partial charge in [0, 0.05) is 36.8 Å². The largest absolute Gasteiger partial charge is 0.496 e. The molecule has 1 amide bonds. The summed E-state index contributed by atoms with van der Waals surface area (Å²) in [5.41, 5.74) is 0.533. The average molecular weight is 523 g/mol. The molecule has 1 atom stereocenters. The Hall–Kier alpha value is -1.42. The highest BCUT2D eigenvalue weighted by Crippen LogP contribution is 2.24. The first-order chi connectivity index (χ1) is 12.8. The molecule has 2 aliphatic rings. The Morgan fingerprint density at radius 3 is 2.79 bits per heavy atom. The Bertz CT molecular complexity index is 738. The van der Waals surface area contributed by atoms with Crippen molar-refractivity contribution in [2.45, 2.75) is 39.0 Å². The Balaban J connectivity index is 0.00000280. The maximum Gasteiger partial charge on any atom is 0.410 e. The third-order valence-corrected chi connectivity index (χ3v) is 4.78. The van der Waals surface area contributed by atoms with Crippen LogP contribution in [0.1, 0.15) is 26.3 Å². The van der Waals surface area contributed by atoms with E-state index in [0.29, 0.717) is 31.2 Å². The van der Waals surface area contributed by atoms with Crippen molar-refractivity contribution in [2.24, 2.45) is 4.99 Å². The molecule has 1 unspecified atom stereocenters. The van der Waals surface area contributed by atoms with Gasteiger partial charge in [0.05, 0.1) is 19.7 Å². The number of piperazine rings is 1. The second-order valence-corrected chi connectivity index (χ2v) is 8.18. The third-order valence-electron chi connectivity index (χ3n) is 4.54. The fraction of sp³-hybridized carbons (Fsp3) is 0.579. The summed E-state index contributed by atoms with van der Waals surface area (Å²) in [6, 6.07) is 5.78. The fourth-order valence-corrected chi connectivity index (χ4v) is 3.42. The van der Waals surface area contributed by atoms with Gasteiger partial charge in [-0.15, -0.1) is 24.0 Å². The van der Waals surface area contributed by atoms with Crippen LogP contribution in [0.25, 0.3) is 0 Å². The van der Waals surface area contributed by atoms with E-state index >= 15 is 0 Å². The summed E-state index contributed by atoms with van der Waals surface area (Å²) in [7, 11) is 1.63. The molecule has 1 N–H and O–H groups in total. The predicted molar refractivity (Wildman–Crippen MR) is 121 cm³/mol. The Morgan fingerprint density at radius 1 is 1.36 bits per heavy atom. The number of hydrogen-bond acceptors (Lipinski definition) is 6. The Morgan fingerprint density at radius 2 is 2.11 bits per heavy atom. The molecule has 1 aromatic rings. The van der Waals surface area contributed by atoms with Gasteiger partial charge in [-0.2, -0.15) is 0 Å². The molecule has 9 heteroatoms. The molecule has 156 valence electrons. The lowest BCUT2D eigenvalue weighted by molar-refractivity contribution is 0.0137. The normalized spacial score (nSPS) is 18.8. The van der Waals surface area contributed by atoms with Crippen LogP contribution in [-0.2, 0) is 11.3 Å². The number of benzene rings is 1. The van der Waals surface area contributed by atoms with E-state index in [1.165, 1.54) is 0 Å². The van der Waals surface area contributed by atoms with Crippen molar-refractivity contribution >= 4 is 47.6 Å². The number of carbonyl (C=O) groups excluding carboxylic acids is 1. The van der Waals surface area contributed by atoms with Crippen LogP contribution in [0.5, 0.6) is 5.75 Å². The fourth-order valence-electron chi connectivity index (χ4n) is 3.26. The summed E-state index contributed by atoms with van der Waals surface area (Å²) >= 11 is 6.02. The lowest BCUT2D eigenvalue weighted by Gasteiger charge is -2.39. The smallest absolute Gasteiger partial charge is 0.410 e. The van der Waals surface area contributed by atoms with Crippen LogP contribution in [0.15, 0.2) is 23.2 Å². The molecule has 1 fully saturated rings. The first-order valence-electron chi connectivity index (χ1n) is 9.12. The van der Waals surface area contributed by atoms with Gasteiger partial charge in [-0.25, -0.2) is 4.79 Å². The van der Waals surface area contributed by atoms with E-state index in [9.17, 15) is 4.79 Å². The molecule has 0 aliphatic carbocycles. The summed E-state index contributed by atoms with van der Waals surface area (Å²) in [5.74, 6) is 1.61. The molecule has 0 saturated carbocycles. The minimum absolute atomic E-state index is 0. The van der Waals surface area contributed by atoms with E-state index in [1.807, 2.05) is 32.9 Å². The van der Waals surface area contributed by atoms with Crippen LogP contribution in [0, 0.1) is 0 Å². The molecule has 0 spiro atoms. The van der Waals surface area contributed by atoms with Gasteiger partial charge >= 0.3 is 6.09 Å². The molecule has 2 aliphatic heterocycles. The SMILES string of the molecule is COc1cc(Cl)ccc1CNC1=NCC2CN(C(=O)OC(C)(C)C)CCN12.I. The van der Waals surface area contributed by atoms with Crippen molar-refractivity contribution in [1.29, 1.82) is 0 Å². The summed E-state index contributed by atoms with van der Waals surface area (Å²) in [5, 5.41) is 4.04. The van der Waals surface area contributed by atoms with E-state index < -0.39 is 5.60 Å². The quantitative estimate of drug-likeness (QED) is 0.617. The molecular formula is C19H28ClIN4O3. The van der Waals surface area contributed by atoms with Crippen molar-refractivity contribution in [3.8, 4) is 5.75 Å². The van der Waals surface area contributed by atoms with Crippen LogP contribution >= 0.6 is 35.6 Å². The zero-order chi connectivity index (χ0) is 19.6. The number of guanidine groups is 1. The monoisotopic (exact) mass is 522 g/mol. The summed E-state index contributed by atoms with van der Waals surface area (Å²) < 4.78 is 10.9. The molecule has 0 aromatic heterocycles. The van der Waals surface area contributed by atoms with Crippen LogP contribution in [0.3, 0.4) is 0 Å². The van der Waals surface area contributed by atoms with E-state index in [-0.39, 0.29) is 36.1 Å². The molecule has 0 bridgehead atoms. The van der Waals surface area contributed by atoms with Gasteiger partial charge in [-0.3, -0.25) is 4.99 Å². The van der Waals surface area contributed by atoms with Crippen molar-refractivity contribution in [2.75, 3.05) is 33.3 Å². The predicted octanol–water partition coefficient (Wildman–Crippen LogP) is 3.35. The molecule has 3 rings (SSSR count). The van der Waals surface area contributed by atoms with Gasteiger partial charge in [0.25, 0.3) is 0 Å². The number of nitrogens with one attached hydrogen (secondary N) is 1. The molecule has 1 saturated heterocycles. The van der Waals surface area contributed by atoms with E-state index in [1.54, 1.807) is 18.1 Å². The van der Waals surface area contributed by atoms with Crippen molar-refractivity contribution in [3.05, 3.63) is 28.8 Å². The molecule has 7 nitrogen and oxygen atoms in total. The van der Waals surface area contributed by atoms with Gasteiger partial charge in [-0.1, -0.05) is 17.7 Å². The third kappa shape index (κ3) is 5.56. The van der Waals surface area contributed by atoms with Gasteiger partial charge in [0.15, 0.2) is 5.96 Å². The van der Waals surface area contributed by atoms with E-state index in [4.69, 9.17) is 21.1 Å². The van der Waals surface area contributed by atoms with E-state index in [0.717, 1.165) is 23.8 Å². The number of ether oxygens (including phenoxy) is 2. The van der Waals surface area contributed by atoms with Crippen molar-refractivity contribution in [1.82, 2.24) is 15.1 Å². The second-order valence-electron chi connectivity index (χ2n) is 7.75. The first kappa shape index (κ1) is 22.9. The first-order valence-corrected chi connectivity index (χ1v) is 9.50. The molecule has 28 heavy (non-hydrogen) atoms. The number of halogens is 2. The highest BCUT2D eigenvalue weighted by atomic mass is 127. The van der Waals surface area contributed by atoms with E-state index in [2.05, 4.69) is 15.2 Å². The summed E-state index contributed by atoms with van der Waals surface area (Å²) in [6.45, 7) is 8.88. The van der Waals surface area contributed by atoms with Crippen molar-refractivity contribution < 1.29 is 14.3 Å². The molecule has 1 aromatic carbocycles. The second kappa shape index (κ2) is 9.39. The van der Waals surface area contributed by atoms with Gasteiger partial charge in [0.2, 0.25) is 0 Å². The van der Waals surface area contributed by atoms with Crippen LogP contribution < -0.4 is 10.1 Å². The van der Waals surface area contributed by atoms with Crippen LogP contribution in [0.4, 0.5) is 4.79 Å². The standard InChI is InChI=1S/C19H27ClN4O3.HI/c1-19(2,3)27-18(25)23-7-8-24-15(12-23)11-22-17(24)21-10-13-5-6-14(20)9-16(13)26-4;/h5-6,9,15H,7-8,10-12H2,1-4H3,(H,21,22);1H. The topological polar surface area (TPSA) is 66.4 Å². The van der Waals surface area contributed by atoms with Crippen LogP contribution in [0.2, 0.25) is 5.02 Å². The van der Waals surface area contributed by atoms with Gasteiger partial charge < -0.3 is 24.6 Å². The highest BCUT2D eigenvalue weighted by molar-refractivity contribution is 14.0. The Labute approximate surface area is 188 Å². The summed E-state index contributed by atoms with van der Waals surface area (Å²) in [4.78, 5) is 20.9. The maximum atomic E-state index is 12.3. The zero-order valence-electron chi connectivity index (χ0n) is 16.7. The number of amides is 1. The number of methoxy groups -OCH3 is 1. The average Bonchev–Trinajstić information content (AvgIpc) is 3.01. The summed E-state index contributed by atoms with van der Waals surface area (Å²) in [6.07, 6.45) is -0.255. The molecule has 0 radical (unpaired) electrons. The molecule has 2 heterocycles. The number of nitrogens with zero attached hydrogens (tertiary/aromatic N) is 3. The molecular weight excluding hydrogens is 495 g/mol. The number of carbonyl (C=O) groups is 1. The lowest BCUT2D eigenvalue weighted by atomic mass is 10.2. The minimum Gasteiger partial charge on any atom is -0.496 e.